The molecule has 0 bridgehead atoms. The van der Waals surface area contributed by atoms with Crippen LogP contribution in [0.2, 0.25) is 0 Å². The van der Waals surface area contributed by atoms with Crippen LogP contribution in [0.5, 0.6) is 0 Å². The molecule has 1 aliphatic rings. The van der Waals surface area contributed by atoms with Crippen LogP contribution >= 0.6 is 15.9 Å². The van der Waals surface area contributed by atoms with Crippen LogP contribution in [0.4, 0.5) is 0 Å². The smallest absolute Gasteiger partial charge is 0.0210 e. The third-order valence-corrected chi connectivity index (χ3v) is 4.92. The van der Waals surface area contributed by atoms with Crippen molar-refractivity contribution >= 4 is 15.9 Å². The van der Waals surface area contributed by atoms with Crippen LogP contribution < -0.4 is 0 Å². The van der Waals surface area contributed by atoms with Crippen LogP contribution in [-0.4, -0.2) is 0 Å². The first-order valence-corrected chi connectivity index (χ1v) is 7.41. The Morgan fingerprint density at radius 3 is 2.39 bits per heavy atom. The van der Waals surface area contributed by atoms with E-state index in [0.717, 1.165) is 5.92 Å². The van der Waals surface area contributed by atoms with Gasteiger partial charge in [0.25, 0.3) is 0 Å². The highest BCUT2D eigenvalue weighted by atomic mass is 79.9. The van der Waals surface area contributed by atoms with Crippen molar-refractivity contribution in [3.63, 3.8) is 0 Å². The van der Waals surface area contributed by atoms with Gasteiger partial charge in [0.1, 0.15) is 0 Å². The van der Waals surface area contributed by atoms with Gasteiger partial charge in [-0.15, -0.1) is 0 Å². The molecule has 1 heteroatoms. The lowest BCUT2D eigenvalue weighted by Gasteiger charge is -2.28. The van der Waals surface area contributed by atoms with Gasteiger partial charge < -0.3 is 0 Å². The second-order valence-electron chi connectivity index (χ2n) is 5.13. The van der Waals surface area contributed by atoms with Crippen molar-refractivity contribution in [1.82, 2.24) is 0 Å². The fourth-order valence-electron chi connectivity index (χ4n) is 2.72. The van der Waals surface area contributed by atoms with Gasteiger partial charge >= 0.3 is 0 Å². The highest BCUT2D eigenvalue weighted by molar-refractivity contribution is 9.10. The molecule has 2 aromatic carbocycles. The maximum absolute atomic E-state index is 3.64. The molecule has 0 unspecified atom stereocenters. The minimum Gasteiger partial charge on any atom is -0.0619 e. The van der Waals surface area contributed by atoms with E-state index in [1.165, 1.54) is 46.0 Å². The van der Waals surface area contributed by atoms with E-state index in [1.807, 2.05) is 0 Å². The maximum Gasteiger partial charge on any atom is 0.0210 e. The predicted octanol–water partition coefficient (Wildman–Crippen LogP) is 5.69. The summed E-state index contributed by atoms with van der Waals surface area (Å²) in [5.74, 6) is 0.777. The van der Waals surface area contributed by atoms with Gasteiger partial charge in [-0.1, -0.05) is 58.7 Å². The SMILES string of the molecule is Cc1c(Br)cccc1-c1ccccc1C1CCC1. The lowest BCUT2D eigenvalue weighted by atomic mass is 9.77. The summed E-state index contributed by atoms with van der Waals surface area (Å²) in [6.07, 6.45) is 4.09. The summed E-state index contributed by atoms with van der Waals surface area (Å²) >= 11 is 3.64. The molecule has 0 radical (unpaired) electrons. The van der Waals surface area contributed by atoms with E-state index in [1.54, 1.807) is 0 Å². The molecule has 2 aromatic rings. The van der Waals surface area contributed by atoms with Gasteiger partial charge in [0, 0.05) is 4.47 Å². The molecular formula is C17H17Br. The predicted molar refractivity (Wildman–Crippen MR) is 80.9 cm³/mol. The van der Waals surface area contributed by atoms with Gasteiger partial charge in [-0.2, -0.15) is 0 Å². The first-order chi connectivity index (χ1) is 8.77. The van der Waals surface area contributed by atoms with Crippen molar-refractivity contribution in [3.05, 3.63) is 58.1 Å². The standard InChI is InChI=1S/C17H17Br/c1-12-14(10-5-11-17(12)18)16-9-3-2-8-15(16)13-6-4-7-13/h2-3,5,8-11,13H,4,6-7H2,1H3. The maximum atomic E-state index is 3.64. The number of halogens is 1. The zero-order valence-corrected chi connectivity index (χ0v) is 12.2. The Bertz CT molecular complexity index is 568. The molecule has 0 spiro atoms. The Balaban J connectivity index is 2.13. The van der Waals surface area contributed by atoms with Crippen molar-refractivity contribution in [1.29, 1.82) is 0 Å². The molecule has 18 heavy (non-hydrogen) atoms. The van der Waals surface area contributed by atoms with E-state index in [9.17, 15) is 0 Å². The molecule has 1 aliphatic carbocycles. The molecule has 92 valence electrons. The van der Waals surface area contributed by atoms with Crippen molar-refractivity contribution in [2.24, 2.45) is 0 Å². The highest BCUT2D eigenvalue weighted by Crippen LogP contribution is 2.42. The van der Waals surface area contributed by atoms with Crippen LogP contribution in [-0.2, 0) is 0 Å². The second kappa shape index (κ2) is 4.89. The van der Waals surface area contributed by atoms with Gasteiger partial charge in [-0.3, -0.25) is 0 Å². The summed E-state index contributed by atoms with van der Waals surface area (Å²) in [7, 11) is 0. The Morgan fingerprint density at radius 2 is 1.67 bits per heavy atom. The van der Waals surface area contributed by atoms with E-state index in [2.05, 4.69) is 65.3 Å². The lowest BCUT2D eigenvalue weighted by Crippen LogP contribution is -2.10. The minimum atomic E-state index is 0.777. The van der Waals surface area contributed by atoms with Gasteiger partial charge in [0.2, 0.25) is 0 Å². The molecule has 0 saturated heterocycles. The Morgan fingerprint density at radius 1 is 0.944 bits per heavy atom. The fourth-order valence-corrected chi connectivity index (χ4v) is 3.08. The van der Waals surface area contributed by atoms with Gasteiger partial charge in [0.05, 0.1) is 0 Å². The second-order valence-corrected chi connectivity index (χ2v) is 5.98. The molecule has 1 fully saturated rings. The zero-order valence-electron chi connectivity index (χ0n) is 10.6. The summed E-state index contributed by atoms with van der Waals surface area (Å²) in [4.78, 5) is 0. The number of hydrogen-bond donors (Lipinski definition) is 0. The van der Waals surface area contributed by atoms with Crippen LogP contribution in [0.3, 0.4) is 0 Å². The largest absolute Gasteiger partial charge is 0.0619 e. The highest BCUT2D eigenvalue weighted by Gasteiger charge is 2.22. The molecular weight excluding hydrogens is 284 g/mol. The molecule has 1 saturated carbocycles. The molecule has 0 heterocycles. The van der Waals surface area contributed by atoms with Crippen LogP contribution in [0.15, 0.2) is 46.9 Å². The molecule has 0 aromatic heterocycles. The zero-order chi connectivity index (χ0) is 12.5. The number of hydrogen-bond acceptors (Lipinski definition) is 0. The van der Waals surface area contributed by atoms with Crippen molar-refractivity contribution < 1.29 is 0 Å². The monoisotopic (exact) mass is 300 g/mol. The lowest BCUT2D eigenvalue weighted by molar-refractivity contribution is 0.420. The normalized spacial score (nSPS) is 15.4. The Labute approximate surface area is 117 Å². The first kappa shape index (κ1) is 12.0. The number of rotatable bonds is 2. The van der Waals surface area contributed by atoms with E-state index in [4.69, 9.17) is 0 Å². The fraction of sp³-hybridized carbons (Fsp3) is 0.294. The summed E-state index contributed by atoms with van der Waals surface area (Å²) in [5, 5.41) is 0. The number of benzene rings is 2. The molecule has 0 nitrogen and oxygen atoms in total. The van der Waals surface area contributed by atoms with E-state index in [0.29, 0.717) is 0 Å². The molecule has 0 N–H and O–H groups in total. The van der Waals surface area contributed by atoms with Crippen molar-refractivity contribution in [2.45, 2.75) is 32.1 Å². The van der Waals surface area contributed by atoms with Crippen molar-refractivity contribution in [2.75, 3.05) is 0 Å². The van der Waals surface area contributed by atoms with Crippen molar-refractivity contribution in [3.8, 4) is 11.1 Å². The van der Waals surface area contributed by atoms with Gasteiger partial charge in [0.15, 0.2) is 0 Å². The van der Waals surface area contributed by atoms with Gasteiger partial charge in [-0.05, 0) is 54.0 Å². The average molecular weight is 301 g/mol. The third kappa shape index (κ3) is 2.01. The Hall–Kier alpha value is -1.08. The third-order valence-electron chi connectivity index (χ3n) is 4.06. The quantitative estimate of drug-likeness (QED) is 0.668. The molecule has 0 aliphatic heterocycles. The summed E-state index contributed by atoms with van der Waals surface area (Å²) < 4.78 is 1.20. The topological polar surface area (TPSA) is 0 Å². The van der Waals surface area contributed by atoms with E-state index >= 15 is 0 Å². The van der Waals surface area contributed by atoms with Crippen LogP contribution in [0.1, 0.15) is 36.3 Å². The van der Waals surface area contributed by atoms with E-state index in [-0.39, 0.29) is 0 Å². The molecule has 3 rings (SSSR count). The van der Waals surface area contributed by atoms with Crippen LogP contribution in [0.25, 0.3) is 11.1 Å². The summed E-state index contributed by atoms with van der Waals surface area (Å²) in [6, 6.07) is 15.4. The minimum absolute atomic E-state index is 0.777. The summed E-state index contributed by atoms with van der Waals surface area (Å²) in [5.41, 5.74) is 5.65. The van der Waals surface area contributed by atoms with E-state index < -0.39 is 0 Å². The summed E-state index contributed by atoms with van der Waals surface area (Å²) in [6.45, 7) is 2.19. The Kier molecular flexibility index (Phi) is 3.25. The molecule has 0 atom stereocenters. The van der Waals surface area contributed by atoms with Crippen LogP contribution in [0, 0.1) is 6.92 Å². The average Bonchev–Trinajstić information content (AvgIpc) is 2.32. The first-order valence-electron chi connectivity index (χ1n) is 6.62. The molecule has 0 amide bonds. The van der Waals surface area contributed by atoms with Gasteiger partial charge in [-0.25, -0.2) is 0 Å².